The molecule has 2 aromatic carbocycles. The normalized spacial score (nSPS) is 24.6. The molecule has 0 unspecified atom stereocenters. The van der Waals surface area contributed by atoms with Gasteiger partial charge in [-0.3, -0.25) is 14.4 Å². The maximum atomic E-state index is 14.3. The van der Waals surface area contributed by atoms with Gasteiger partial charge in [0.25, 0.3) is 17.6 Å². The minimum atomic E-state index is -1.80. The summed E-state index contributed by atoms with van der Waals surface area (Å²) in [6.07, 6.45) is 2.83. The van der Waals surface area contributed by atoms with E-state index in [2.05, 4.69) is 6.58 Å². The van der Waals surface area contributed by atoms with Gasteiger partial charge in [0.05, 0.1) is 24.0 Å². The zero-order chi connectivity index (χ0) is 25.4. The zero-order valence-corrected chi connectivity index (χ0v) is 20.1. The number of nitrogens with zero attached hydrogens (tertiary/aromatic N) is 2. The molecule has 3 aliphatic rings. The first-order valence-corrected chi connectivity index (χ1v) is 12.1. The highest BCUT2D eigenvalue weighted by atomic mass is 16.5. The van der Waals surface area contributed by atoms with Crippen molar-refractivity contribution in [3.05, 3.63) is 77.9 Å². The number of Topliss-reactive ketones (excluding diaryl/α,β-unsaturated/α-hetero) is 1. The van der Waals surface area contributed by atoms with Gasteiger partial charge in [0.15, 0.2) is 5.54 Å². The molecule has 5 rings (SSSR count). The number of carbonyl (C=O) groups is 3. The molecular formula is C28H28N2O6. The van der Waals surface area contributed by atoms with Crippen LogP contribution in [0.1, 0.15) is 30.9 Å². The van der Waals surface area contributed by atoms with E-state index in [1.54, 1.807) is 54.6 Å². The molecule has 2 fully saturated rings. The number of likely N-dealkylation sites (tertiary alicyclic amines) is 1. The van der Waals surface area contributed by atoms with Crippen LogP contribution in [0.5, 0.6) is 5.75 Å². The van der Waals surface area contributed by atoms with Gasteiger partial charge in [-0.05, 0) is 50.1 Å². The van der Waals surface area contributed by atoms with Crippen LogP contribution in [0.2, 0.25) is 0 Å². The summed E-state index contributed by atoms with van der Waals surface area (Å²) in [6.45, 7) is 6.91. The monoisotopic (exact) mass is 488 g/mol. The van der Waals surface area contributed by atoms with E-state index in [0.717, 1.165) is 6.42 Å². The first-order valence-electron chi connectivity index (χ1n) is 12.1. The Hall–Kier alpha value is -3.91. The number of rotatable bonds is 7. The second kappa shape index (κ2) is 9.28. The first kappa shape index (κ1) is 23.8. The summed E-state index contributed by atoms with van der Waals surface area (Å²) in [4.78, 5) is 44.2. The Kier molecular flexibility index (Phi) is 6.14. The van der Waals surface area contributed by atoms with Gasteiger partial charge >= 0.3 is 0 Å². The van der Waals surface area contributed by atoms with E-state index in [-0.39, 0.29) is 24.8 Å². The molecule has 2 aromatic rings. The standard InChI is InChI=1S/C28H28N2O6/c1-3-15-29-22-10-6-5-9-21(22)28(27(29)34)23(24(31)18-11-13-19(14-12-18)35-4-2)25(32)26(33)30(28)17-20-8-7-16-36-20/h3,5-6,9-14,20,31H,1,4,7-8,15-17H2,2H3/t20-,28-/m1/s1. The maximum Gasteiger partial charge on any atom is 0.296 e. The number of carbonyl (C=O) groups excluding carboxylic acids is 3. The van der Waals surface area contributed by atoms with Crippen LogP contribution >= 0.6 is 0 Å². The number of fused-ring (bicyclic) bond motifs is 2. The number of hydrogen-bond acceptors (Lipinski definition) is 6. The molecule has 3 heterocycles. The predicted octanol–water partition coefficient (Wildman–Crippen LogP) is 3.37. The van der Waals surface area contributed by atoms with Gasteiger partial charge < -0.3 is 24.4 Å². The molecule has 0 bridgehead atoms. The number of hydrogen-bond donors (Lipinski definition) is 1. The molecule has 36 heavy (non-hydrogen) atoms. The highest BCUT2D eigenvalue weighted by Gasteiger charge is 2.67. The third kappa shape index (κ3) is 3.44. The Morgan fingerprint density at radius 1 is 1.19 bits per heavy atom. The quantitative estimate of drug-likeness (QED) is 0.278. The van der Waals surface area contributed by atoms with Crippen LogP contribution in [0.4, 0.5) is 5.69 Å². The van der Waals surface area contributed by atoms with Crippen molar-refractivity contribution >= 4 is 29.0 Å². The van der Waals surface area contributed by atoms with Crippen molar-refractivity contribution in [2.45, 2.75) is 31.4 Å². The second-order valence-electron chi connectivity index (χ2n) is 8.99. The van der Waals surface area contributed by atoms with Gasteiger partial charge in [-0.2, -0.15) is 0 Å². The number of ether oxygens (including phenoxy) is 2. The van der Waals surface area contributed by atoms with Gasteiger partial charge in [0.2, 0.25) is 0 Å². The van der Waals surface area contributed by atoms with Crippen LogP contribution in [0.25, 0.3) is 5.76 Å². The minimum absolute atomic E-state index is 0.0621. The average molecular weight is 489 g/mol. The fourth-order valence-corrected chi connectivity index (χ4v) is 5.44. The summed E-state index contributed by atoms with van der Waals surface area (Å²) in [7, 11) is 0. The van der Waals surface area contributed by atoms with E-state index in [1.165, 1.54) is 9.80 Å². The summed E-state index contributed by atoms with van der Waals surface area (Å²) in [5.41, 5.74) is -0.692. The van der Waals surface area contributed by atoms with E-state index in [1.807, 2.05) is 6.92 Å². The minimum Gasteiger partial charge on any atom is -0.507 e. The molecule has 1 spiro atoms. The Labute approximate surface area is 209 Å². The average Bonchev–Trinajstić information content (AvgIpc) is 3.55. The fraction of sp³-hybridized carbons (Fsp3) is 0.321. The lowest BCUT2D eigenvalue weighted by atomic mass is 9.81. The molecule has 0 aromatic heterocycles. The summed E-state index contributed by atoms with van der Waals surface area (Å²) in [6, 6.07) is 13.6. The van der Waals surface area contributed by atoms with Crippen molar-refractivity contribution in [2.75, 3.05) is 31.2 Å². The number of para-hydroxylation sites is 1. The number of benzene rings is 2. The Bertz CT molecular complexity index is 1260. The third-order valence-corrected chi connectivity index (χ3v) is 6.97. The Balaban J connectivity index is 1.75. The lowest BCUT2D eigenvalue weighted by Gasteiger charge is -2.35. The smallest absolute Gasteiger partial charge is 0.296 e. The summed E-state index contributed by atoms with van der Waals surface area (Å²) < 4.78 is 11.3. The molecular weight excluding hydrogens is 460 g/mol. The van der Waals surface area contributed by atoms with Crippen LogP contribution < -0.4 is 9.64 Å². The molecule has 8 nitrogen and oxygen atoms in total. The predicted molar refractivity (Wildman–Crippen MR) is 134 cm³/mol. The van der Waals surface area contributed by atoms with Gasteiger partial charge in [-0.15, -0.1) is 6.58 Å². The van der Waals surface area contributed by atoms with Crippen LogP contribution in [-0.2, 0) is 24.7 Å². The Morgan fingerprint density at radius 3 is 2.61 bits per heavy atom. The molecule has 1 N–H and O–H groups in total. The fourth-order valence-electron chi connectivity index (χ4n) is 5.44. The number of ketones is 1. The zero-order valence-electron chi connectivity index (χ0n) is 20.1. The molecule has 0 aliphatic carbocycles. The highest BCUT2D eigenvalue weighted by molar-refractivity contribution is 6.50. The molecule has 0 radical (unpaired) electrons. The van der Waals surface area contributed by atoms with E-state index in [4.69, 9.17) is 9.47 Å². The molecule has 8 heteroatoms. The van der Waals surface area contributed by atoms with Gasteiger partial charge in [-0.25, -0.2) is 0 Å². The van der Waals surface area contributed by atoms with Crippen LogP contribution in [0.15, 0.2) is 66.8 Å². The topological polar surface area (TPSA) is 96.4 Å². The SMILES string of the molecule is C=CCN1C(=O)[C@]2(C(=C(O)c3ccc(OCC)cc3)C(=O)C(=O)N2C[C@H]2CCCO2)c2ccccc21. The molecule has 2 amide bonds. The molecule has 2 saturated heterocycles. The van der Waals surface area contributed by atoms with Crippen molar-refractivity contribution in [2.24, 2.45) is 0 Å². The lowest BCUT2D eigenvalue weighted by molar-refractivity contribution is -0.145. The number of amides is 2. The van der Waals surface area contributed by atoms with E-state index >= 15 is 0 Å². The second-order valence-corrected chi connectivity index (χ2v) is 8.99. The van der Waals surface area contributed by atoms with Gasteiger partial charge in [0, 0.05) is 30.8 Å². The summed E-state index contributed by atoms with van der Waals surface area (Å²) in [5.74, 6) is -2.02. The maximum absolute atomic E-state index is 14.3. The lowest BCUT2D eigenvalue weighted by Crippen LogP contribution is -2.53. The van der Waals surface area contributed by atoms with E-state index < -0.39 is 28.9 Å². The van der Waals surface area contributed by atoms with Crippen LogP contribution in [0, 0.1) is 0 Å². The van der Waals surface area contributed by atoms with Crippen molar-refractivity contribution in [3.8, 4) is 5.75 Å². The van der Waals surface area contributed by atoms with Gasteiger partial charge in [0.1, 0.15) is 11.5 Å². The number of aliphatic hydroxyl groups is 1. The molecule has 2 atom stereocenters. The molecule has 0 saturated carbocycles. The number of aliphatic hydroxyl groups excluding tert-OH is 1. The number of anilines is 1. The summed E-state index contributed by atoms with van der Waals surface area (Å²) >= 11 is 0. The largest absolute Gasteiger partial charge is 0.507 e. The van der Waals surface area contributed by atoms with Crippen molar-refractivity contribution in [1.29, 1.82) is 0 Å². The van der Waals surface area contributed by atoms with E-state index in [0.29, 0.717) is 42.2 Å². The highest BCUT2D eigenvalue weighted by Crippen LogP contribution is 2.53. The summed E-state index contributed by atoms with van der Waals surface area (Å²) in [5, 5.41) is 11.5. The van der Waals surface area contributed by atoms with Crippen molar-refractivity contribution in [1.82, 2.24) is 4.90 Å². The molecule has 186 valence electrons. The van der Waals surface area contributed by atoms with E-state index in [9.17, 15) is 19.5 Å². The third-order valence-electron chi connectivity index (χ3n) is 6.97. The van der Waals surface area contributed by atoms with Gasteiger partial charge in [-0.1, -0.05) is 24.3 Å². The Morgan fingerprint density at radius 2 is 1.94 bits per heavy atom. The van der Waals surface area contributed by atoms with Crippen molar-refractivity contribution in [3.63, 3.8) is 0 Å². The first-order chi connectivity index (χ1) is 17.4. The van der Waals surface area contributed by atoms with Crippen LogP contribution in [0.3, 0.4) is 0 Å². The molecule has 3 aliphatic heterocycles. The van der Waals surface area contributed by atoms with Crippen molar-refractivity contribution < 1.29 is 29.0 Å². The van der Waals surface area contributed by atoms with Crippen LogP contribution in [-0.4, -0.2) is 60.0 Å².